The molecular weight excluding hydrogens is 266 g/mol. The molecule has 1 fully saturated rings. The molecule has 0 spiro atoms. The molecule has 1 aliphatic carbocycles. The molecule has 7 heteroatoms. The summed E-state index contributed by atoms with van der Waals surface area (Å²) in [7, 11) is 0. The first kappa shape index (κ1) is 13.6. The molecule has 1 aliphatic rings. The minimum atomic E-state index is -4.60. The van der Waals surface area contributed by atoms with E-state index in [0.717, 1.165) is 12.1 Å². The summed E-state index contributed by atoms with van der Waals surface area (Å²) in [5, 5.41) is 11.5. The number of rotatable bonds is 4. The van der Waals surface area contributed by atoms with Crippen LogP contribution in [0.5, 0.6) is 0 Å². The number of nitrogens with one attached hydrogen (secondary N) is 1. The monoisotopic (exact) mass is 277 g/mol. The molecule has 1 aromatic rings. The smallest absolute Gasteiger partial charge is 0.416 e. The first-order valence-corrected chi connectivity index (χ1v) is 5.59. The number of carboxylic acids is 1. The molecule has 2 N–H and O–H groups in total. The number of alkyl halides is 3. The summed E-state index contributed by atoms with van der Waals surface area (Å²) in [5.74, 6) is -2.02. The molecule has 0 saturated heterocycles. The fourth-order valence-electron chi connectivity index (χ4n) is 1.72. The van der Waals surface area contributed by atoms with E-state index in [9.17, 15) is 22.4 Å². The lowest BCUT2D eigenvalue weighted by molar-refractivity contribution is -0.142. The van der Waals surface area contributed by atoms with E-state index in [-0.39, 0.29) is 12.2 Å². The van der Waals surface area contributed by atoms with Crippen molar-refractivity contribution in [2.75, 3.05) is 11.9 Å². The van der Waals surface area contributed by atoms with Gasteiger partial charge in [-0.2, -0.15) is 13.2 Å². The molecule has 0 amide bonds. The van der Waals surface area contributed by atoms with Gasteiger partial charge in [-0.3, -0.25) is 4.79 Å². The lowest BCUT2D eigenvalue weighted by atomic mass is 10.1. The highest BCUT2D eigenvalue weighted by atomic mass is 19.4. The van der Waals surface area contributed by atoms with Gasteiger partial charge in [-0.15, -0.1) is 0 Å². The molecule has 0 atom stereocenters. The molecule has 0 aromatic heterocycles. The van der Waals surface area contributed by atoms with Crippen LogP contribution in [0.15, 0.2) is 18.2 Å². The van der Waals surface area contributed by atoms with Crippen LogP contribution in [0.1, 0.15) is 18.4 Å². The standard InChI is InChI=1S/C12H11F4NO2/c13-8-5-7(12(14,15)16)1-2-9(8)17-6-11(3-4-11)10(18)19/h1-2,5,17H,3-4,6H2,(H,18,19). The second-order valence-corrected chi connectivity index (χ2v) is 4.63. The zero-order chi connectivity index (χ0) is 14.3. The third-order valence-electron chi connectivity index (χ3n) is 3.22. The molecular formula is C12H11F4NO2. The Labute approximate surface area is 106 Å². The number of hydrogen-bond donors (Lipinski definition) is 2. The molecule has 3 nitrogen and oxygen atoms in total. The van der Waals surface area contributed by atoms with Gasteiger partial charge >= 0.3 is 12.1 Å². The van der Waals surface area contributed by atoms with Crippen LogP contribution in [0.2, 0.25) is 0 Å². The van der Waals surface area contributed by atoms with Crippen LogP contribution in [-0.4, -0.2) is 17.6 Å². The lowest BCUT2D eigenvalue weighted by Gasteiger charge is -2.14. The Hall–Kier alpha value is -1.79. The van der Waals surface area contributed by atoms with Gasteiger partial charge in [0.1, 0.15) is 5.82 Å². The number of halogens is 4. The van der Waals surface area contributed by atoms with Crippen molar-refractivity contribution in [1.82, 2.24) is 0 Å². The van der Waals surface area contributed by atoms with Crippen molar-refractivity contribution in [2.45, 2.75) is 19.0 Å². The first-order valence-electron chi connectivity index (χ1n) is 5.59. The Morgan fingerprint density at radius 2 is 2.00 bits per heavy atom. The summed E-state index contributed by atoms with van der Waals surface area (Å²) in [6.07, 6.45) is -3.63. The highest BCUT2D eigenvalue weighted by Gasteiger charge is 2.50. The predicted molar refractivity (Wildman–Crippen MR) is 59.2 cm³/mol. The highest BCUT2D eigenvalue weighted by Crippen LogP contribution is 2.46. The number of aliphatic carboxylic acids is 1. The van der Waals surface area contributed by atoms with Gasteiger partial charge in [0.05, 0.1) is 16.7 Å². The normalized spacial score (nSPS) is 17.1. The Morgan fingerprint density at radius 1 is 1.37 bits per heavy atom. The molecule has 0 bridgehead atoms. The van der Waals surface area contributed by atoms with Crippen molar-refractivity contribution in [3.8, 4) is 0 Å². The van der Waals surface area contributed by atoms with Crippen molar-refractivity contribution < 1.29 is 27.5 Å². The molecule has 104 valence electrons. The fourth-order valence-corrected chi connectivity index (χ4v) is 1.72. The molecule has 0 radical (unpaired) electrons. The highest BCUT2D eigenvalue weighted by molar-refractivity contribution is 5.78. The van der Waals surface area contributed by atoms with E-state index in [0.29, 0.717) is 18.9 Å². The topological polar surface area (TPSA) is 49.3 Å². The third kappa shape index (κ3) is 2.80. The van der Waals surface area contributed by atoms with Crippen molar-refractivity contribution >= 4 is 11.7 Å². The van der Waals surface area contributed by atoms with E-state index in [1.165, 1.54) is 0 Å². The Balaban J connectivity index is 2.08. The summed E-state index contributed by atoms with van der Waals surface area (Å²) >= 11 is 0. The van der Waals surface area contributed by atoms with E-state index in [1.807, 2.05) is 0 Å². The van der Waals surface area contributed by atoms with Gasteiger partial charge in [-0.05, 0) is 31.0 Å². The Morgan fingerprint density at radius 3 is 2.42 bits per heavy atom. The van der Waals surface area contributed by atoms with Gasteiger partial charge in [-0.1, -0.05) is 0 Å². The number of benzene rings is 1. The maximum Gasteiger partial charge on any atom is 0.416 e. The molecule has 1 saturated carbocycles. The van der Waals surface area contributed by atoms with Crippen LogP contribution < -0.4 is 5.32 Å². The third-order valence-corrected chi connectivity index (χ3v) is 3.22. The SMILES string of the molecule is O=C(O)C1(CNc2ccc(C(F)(F)F)cc2F)CC1. The zero-order valence-corrected chi connectivity index (χ0v) is 9.72. The maximum atomic E-state index is 13.5. The summed E-state index contributed by atoms with van der Waals surface area (Å²) in [6, 6.07) is 2.12. The summed E-state index contributed by atoms with van der Waals surface area (Å²) < 4.78 is 50.4. The number of carboxylic acid groups (broad SMARTS) is 1. The first-order chi connectivity index (χ1) is 8.74. The molecule has 0 heterocycles. The molecule has 0 aliphatic heterocycles. The number of carbonyl (C=O) groups is 1. The summed E-state index contributed by atoms with van der Waals surface area (Å²) in [6.45, 7) is 0.00458. The van der Waals surface area contributed by atoms with Crippen LogP contribution in [-0.2, 0) is 11.0 Å². The Bertz CT molecular complexity index is 509. The summed E-state index contributed by atoms with van der Waals surface area (Å²) in [5.41, 5.74) is -2.11. The second kappa shape index (κ2) is 4.40. The summed E-state index contributed by atoms with van der Waals surface area (Å²) in [4.78, 5) is 10.9. The fraction of sp³-hybridized carbons (Fsp3) is 0.417. The van der Waals surface area contributed by atoms with Gasteiger partial charge in [0, 0.05) is 6.54 Å². The van der Waals surface area contributed by atoms with Crippen molar-refractivity contribution in [2.24, 2.45) is 5.41 Å². The molecule has 2 rings (SSSR count). The minimum Gasteiger partial charge on any atom is -0.481 e. The molecule has 0 unspecified atom stereocenters. The van der Waals surface area contributed by atoms with Crippen molar-refractivity contribution in [3.05, 3.63) is 29.6 Å². The average molecular weight is 277 g/mol. The minimum absolute atomic E-state index is 0.00458. The van der Waals surface area contributed by atoms with E-state index < -0.39 is 28.9 Å². The Kier molecular flexibility index (Phi) is 3.15. The van der Waals surface area contributed by atoms with Gasteiger partial charge in [0.25, 0.3) is 0 Å². The van der Waals surface area contributed by atoms with Crippen molar-refractivity contribution in [1.29, 1.82) is 0 Å². The largest absolute Gasteiger partial charge is 0.481 e. The van der Waals surface area contributed by atoms with E-state index >= 15 is 0 Å². The van der Waals surface area contributed by atoms with Crippen LogP contribution in [0.4, 0.5) is 23.2 Å². The van der Waals surface area contributed by atoms with Crippen LogP contribution in [0.3, 0.4) is 0 Å². The molecule has 1 aromatic carbocycles. The van der Waals surface area contributed by atoms with Gasteiger partial charge < -0.3 is 10.4 Å². The predicted octanol–water partition coefficient (Wildman–Crippen LogP) is 3.12. The maximum absolute atomic E-state index is 13.5. The quantitative estimate of drug-likeness (QED) is 0.831. The van der Waals surface area contributed by atoms with Crippen molar-refractivity contribution in [3.63, 3.8) is 0 Å². The van der Waals surface area contributed by atoms with E-state index in [2.05, 4.69) is 5.32 Å². The number of hydrogen-bond acceptors (Lipinski definition) is 2. The second-order valence-electron chi connectivity index (χ2n) is 4.63. The number of anilines is 1. The van der Waals surface area contributed by atoms with Gasteiger partial charge in [-0.25, -0.2) is 4.39 Å². The van der Waals surface area contributed by atoms with E-state index in [1.54, 1.807) is 0 Å². The zero-order valence-electron chi connectivity index (χ0n) is 9.72. The average Bonchev–Trinajstić information content (AvgIpc) is 3.07. The van der Waals surface area contributed by atoms with Crippen LogP contribution in [0, 0.1) is 11.2 Å². The van der Waals surface area contributed by atoms with Crippen LogP contribution >= 0.6 is 0 Å². The van der Waals surface area contributed by atoms with E-state index in [4.69, 9.17) is 5.11 Å². The van der Waals surface area contributed by atoms with Gasteiger partial charge in [0.2, 0.25) is 0 Å². The molecule has 19 heavy (non-hydrogen) atoms. The van der Waals surface area contributed by atoms with Crippen LogP contribution in [0.25, 0.3) is 0 Å². The lowest BCUT2D eigenvalue weighted by Crippen LogP contribution is -2.24. The van der Waals surface area contributed by atoms with Gasteiger partial charge in [0.15, 0.2) is 0 Å².